The number of aromatic nitrogens is 1. The van der Waals surface area contributed by atoms with Crippen LogP contribution in [0, 0.1) is 6.92 Å². The summed E-state index contributed by atoms with van der Waals surface area (Å²) in [7, 11) is 1.26. The largest absolute Gasteiger partial charge is 0.466 e. The van der Waals surface area contributed by atoms with Gasteiger partial charge >= 0.3 is 5.97 Å². The van der Waals surface area contributed by atoms with E-state index in [9.17, 15) is 9.59 Å². The number of benzene rings is 2. The molecule has 0 aliphatic carbocycles. The Morgan fingerprint density at radius 3 is 2.87 bits per heavy atom. The molecule has 0 unspecified atom stereocenters. The number of aliphatic hydroxyl groups excluding tert-OH is 1. The number of hydrogen-bond donors (Lipinski definition) is 2. The van der Waals surface area contributed by atoms with E-state index in [-0.39, 0.29) is 36.9 Å². The molecule has 2 N–H and O–H groups in total. The minimum Gasteiger partial charge on any atom is -0.466 e. The van der Waals surface area contributed by atoms with Crippen LogP contribution >= 0.6 is 0 Å². The van der Waals surface area contributed by atoms with E-state index in [1.165, 1.54) is 12.0 Å². The fraction of sp³-hybridized carbons (Fsp3) is 0.227. The third kappa shape index (κ3) is 3.65. The molecule has 30 heavy (non-hydrogen) atoms. The number of rotatable bonds is 6. The molecule has 8 nitrogen and oxygen atoms in total. The number of carbonyl (C=O) groups is 2. The van der Waals surface area contributed by atoms with Gasteiger partial charge in [0.2, 0.25) is 5.89 Å². The summed E-state index contributed by atoms with van der Waals surface area (Å²) in [5, 5.41) is 12.2. The highest BCUT2D eigenvalue weighted by atomic mass is 16.5. The van der Waals surface area contributed by atoms with Gasteiger partial charge in [0.05, 0.1) is 25.8 Å². The number of anilines is 1. The maximum atomic E-state index is 12.7. The zero-order valence-corrected chi connectivity index (χ0v) is 16.6. The van der Waals surface area contributed by atoms with Gasteiger partial charge in [-0.15, -0.1) is 0 Å². The predicted octanol–water partition coefficient (Wildman–Crippen LogP) is 2.48. The summed E-state index contributed by atoms with van der Waals surface area (Å²) in [6.45, 7) is 2.01. The summed E-state index contributed by atoms with van der Waals surface area (Å²) in [6, 6.07) is 13.1. The number of fused-ring (bicyclic) bond motifs is 1. The molecule has 1 amide bonds. The van der Waals surface area contributed by atoms with Crippen molar-refractivity contribution in [1.29, 1.82) is 0 Å². The molecule has 0 atom stereocenters. The fourth-order valence-corrected chi connectivity index (χ4v) is 3.40. The number of esters is 1. The lowest BCUT2D eigenvalue weighted by Gasteiger charge is -2.14. The van der Waals surface area contributed by atoms with E-state index in [1.54, 1.807) is 18.2 Å². The number of aryl methyl sites for hydroxylation is 1. The van der Waals surface area contributed by atoms with E-state index in [1.807, 2.05) is 31.2 Å². The Morgan fingerprint density at radius 1 is 1.30 bits per heavy atom. The minimum absolute atomic E-state index is 0.0798. The highest BCUT2D eigenvalue weighted by molar-refractivity contribution is 6.08. The lowest BCUT2D eigenvalue weighted by Crippen LogP contribution is -2.31. The van der Waals surface area contributed by atoms with Gasteiger partial charge in [-0.2, -0.15) is 0 Å². The molecule has 0 saturated carbocycles. The quantitative estimate of drug-likeness (QED) is 0.605. The number of nitrogens with one attached hydrogen (secondary N) is 1. The second kappa shape index (κ2) is 8.00. The van der Waals surface area contributed by atoms with Gasteiger partial charge in [-0.3, -0.25) is 4.79 Å². The molecular weight excluding hydrogens is 386 g/mol. The first-order valence-electron chi connectivity index (χ1n) is 9.46. The van der Waals surface area contributed by atoms with Crippen LogP contribution in [0.25, 0.3) is 22.6 Å². The molecule has 0 spiro atoms. The number of nitrogens with zero attached hydrogens (tertiary/aromatic N) is 2. The van der Waals surface area contributed by atoms with Gasteiger partial charge in [-0.05, 0) is 31.2 Å². The molecule has 1 aliphatic heterocycles. The number of ether oxygens (including phenoxy) is 1. The molecule has 154 valence electrons. The Bertz CT molecular complexity index is 1160. The van der Waals surface area contributed by atoms with E-state index in [4.69, 9.17) is 14.3 Å². The number of oxazole rings is 1. The Hall–Kier alpha value is -3.65. The second-order valence-corrected chi connectivity index (χ2v) is 6.99. The molecular formula is C22H21N3O5. The van der Waals surface area contributed by atoms with E-state index >= 15 is 0 Å². The number of amides is 1. The maximum Gasteiger partial charge on any atom is 0.337 e. The normalized spacial score (nSPS) is 14.0. The summed E-state index contributed by atoms with van der Waals surface area (Å²) in [5.41, 5.74) is 4.13. The van der Waals surface area contributed by atoms with Crippen LogP contribution < -0.4 is 5.32 Å². The van der Waals surface area contributed by atoms with Crippen molar-refractivity contribution in [3.63, 3.8) is 0 Å². The number of methoxy groups -OCH3 is 1. The number of carbonyl (C=O) groups excluding carboxylic acids is 2. The second-order valence-electron chi connectivity index (χ2n) is 6.99. The summed E-state index contributed by atoms with van der Waals surface area (Å²) in [4.78, 5) is 30.7. The van der Waals surface area contributed by atoms with E-state index in [0.717, 1.165) is 11.1 Å². The van der Waals surface area contributed by atoms with Crippen molar-refractivity contribution in [3.8, 4) is 11.5 Å². The maximum absolute atomic E-state index is 12.7. The van der Waals surface area contributed by atoms with Crippen LogP contribution in [-0.4, -0.2) is 53.7 Å². The van der Waals surface area contributed by atoms with Crippen LogP contribution in [0.15, 0.2) is 58.2 Å². The SMILES string of the molecule is COC(=O)C1=C(Nc2ccc3nc(-c4cccc(C)c4)oc3c2)C(=O)N(CCO)C1. The Balaban J connectivity index is 1.66. The number of aliphatic hydroxyl groups is 1. The van der Waals surface area contributed by atoms with Crippen LogP contribution in [0.5, 0.6) is 0 Å². The summed E-state index contributed by atoms with van der Waals surface area (Å²) < 4.78 is 10.7. The molecule has 2 aromatic carbocycles. The highest BCUT2D eigenvalue weighted by Gasteiger charge is 2.34. The Kier molecular flexibility index (Phi) is 5.24. The zero-order valence-electron chi connectivity index (χ0n) is 16.6. The molecule has 8 heteroatoms. The Labute approximate surface area is 172 Å². The predicted molar refractivity (Wildman–Crippen MR) is 111 cm³/mol. The molecule has 0 radical (unpaired) electrons. The Morgan fingerprint density at radius 2 is 2.13 bits per heavy atom. The smallest absolute Gasteiger partial charge is 0.337 e. The van der Waals surface area contributed by atoms with Gasteiger partial charge < -0.3 is 24.5 Å². The topological polar surface area (TPSA) is 105 Å². The van der Waals surface area contributed by atoms with Crippen molar-refractivity contribution in [1.82, 2.24) is 9.88 Å². The van der Waals surface area contributed by atoms with E-state index in [2.05, 4.69) is 10.3 Å². The molecule has 1 aliphatic rings. The first-order chi connectivity index (χ1) is 14.5. The molecule has 0 fully saturated rings. The molecule has 2 heterocycles. The average molecular weight is 407 g/mol. The third-order valence-corrected chi connectivity index (χ3v) is 4.88. The molecule has 1 aromatic heterocycles. The van der Waals surface area contributed by atoms with E-state index < -0.39 is 5.97 Å². The van der Waals surface area contributed by atoms with Crippen molar-refractivity contribution in [2.75, 3.05) is 32.1 Å². The van der Waals surface area contributed by atoms with Crippen LogP contribution in [-0.2, 0) is 14.3 Å². The van der Waals surface area contributed by atoms with Crippen molar-refractivity contribution in [2.24, 2.45) is 0 Å². The standard InChI is InChI=1S/C22H21N3O5/c1-13-4-3-5-14(10-13)20-24-17-7-6-15(11-18(17)30-20)23-19-16(22(28)29-2)12-25(8-9-26)21(19)27/h3-7,10-11,23,26H,8-9,12H2,1-2H3. The average Bonchev–Trinajstić information content (AvgIpc) is 3.30. The number of hydrogen-bond acceptors (Lipinski definition) is 7. The van der Waals surface area contributed by atoms with Crippen molar-refractivity contribution in [3.05, 3.63) is 59.3 Å². The van der Waals surface area contributed by atoms with Crippen LogP contribution in [0.2, 0.25) is 0 Å². The summed E-state index contributed by atoms with van der Waals surface area (Å²) >= 11 is 0. The van der Waals surface area contributed by atoms with Gasteiger partial charge in [0.15, 0.2) is 5.58 Å². The fourth-order valence-electron chi connectivity index (χ4n) is 3.40. The zero-order chi connectivity index (χ0) is 21.3. The lowest BCUT2D eigenvalue weighted by atomic mass is 10.1. The summed E-state index contributed by atoms with van der Waals surface area (Å²) in [6.07, 6.45) is 0. The van der Waals surface area contributed by atoms with Crippen molar-refractivity contribution >= 4 is 28.7 Å². The van der Waals surface area contributed by atoms with Gasteiger partial charge in [0.25, 0.3) is 5.91 Å². The lowest BCUT2D eigenvalue weighted by molar-refractivity contribution is -0.136. The van der Waals surface area contributed by atoms with Gasteiger partial charge in [-0.1, -0.05) is 17.7 Å². The minimum atomic E-state index is -0.589. The van der Waals surface area contributed by atoms with E-state index in [0.29, 0.717) is 22.7 Å². The van der Waals surface area contributed by atoms with Crippen molar-refractivity contribution < 1.29 is 23.8 Å². The van der Waals surface area contributed by atoms with Gasteiger partial charge in [-0.25, -0.2) is 9.78 Å². The van der Waals surface area contributed by atoms with Gasteiger partial charge in [0.1, 0.15) is 11.2 Å². The summed E-state index contributed by atoms with van der Waals surface area (Å²) in [5.74, 6) is -0.456. The molecule has 4 rings (SSSR count). The highest BCUT2D eigenvalue weighted by Crippen LogP contribution is 2.28. The molecule has 0 bridgehead atoms. The van der Waals surface area contributed by atoms with Crippen LogP contribution in [0.1, 0.15) is 5.56 Å². The first kappa shape index (κ1) is 19.7. The van der Waals surface area contributed by atoms with Crippen molar-refractivity contribution in [2.45, 2.75) is 6.92 Å². The van der Waals surface area contributed by atoms with Crippen LogP contribution in [0.3, 0.4) is 0 Å². The number of β-amino-alcohol motifs (C(OH)–C–C–N with tert-alkyl or cyclic N) is 1. The molecule has 0 saturated heterocycles. The monoisotopic (exact) mass is 407 g/mol. The van der Waals surface area contributed by atoms with Crippen LogP contribution in [0.4, 0.5) is 5.69 Å². The third-order valence-electron chi connectivity index (χ3n) is 4.88. The van der Waals surface area contributed by atoms with Gasteiger partial charge in [0, 0.05) is 23.9 Å². The first-order valence-corrected chi connectivity index (χ1v) is 9.46. The molecule has 3 aromatic rings.